The van der Waals surface area contributed by atoms with Gasteiger partial charge in [-0.25, -0.2) is 9.37 Å². The van der Waals surface area contributed by atoms with Crippen LogP contribution in [0, 0.1) is 5.82 Å². The zero-order valence-corrected chi connectivity index (χ0v) is 16.9. The number of carboxylic acids is 1. The number of amides is 1. The zero-order chi connectivity index (χ0) is 22.8. The molecule has 0 bridgehead atoms. The number of benzene rings is 2. The standard InChI is InChI=1S/C23H18FN3O5/c1-32-16-8-6-15(7-9-16)27-18(13-2-4-14(24)5-3-13)10-17-19(27)11-25-21(22(17)30)23(31)26-12-20(28)29/h2-11,30H,12H2,1H3,(H,26,31)(H,28,29). The summed E-state index contributed by atoms with van der Waals surface area (Å²) in [6.45, 7) is -0.605. The van der Waals surface area contributed by atoms with Crippen LogP contribution in [-0.2, 0) is 4.79 Å². The van der Waals surface area contributed by atoms with Crippen LogP contribution >= 0.6 is 0 Å². The summed E-state index contributed by atoms with van der Waals surface area (Å²) in [6, 6.07) is 14.7. The average molecular weight is 435 g/mol. The van der Waals surface area contributed by atoms with Gasteiger partial charge >= 0.3 is 5.97 Å². The summed E-state index contributed by atoms with van der Waals surface area (Å²) in [4.78, 5) is 27.1. The summed E-state index contributed by atoms with van der Waals surface area (Å²) >= 11 is 0. The van der Waals surface area contributed by atoms with Gasteiger partial charge in [0.1, 0.15) is 18.1 Å². The number of hydrogen-bond donors (Lipinski definition) is 3. The first-order valence-electron chi connectivity index (χ1n) is 9.53. The topological polar surface area (TPSA) is 114 Å². The van der Waals surface area contributed by atoms with Gasteiger partial charge in [-0.1, -0.05) is 0 Å². The summed E-state index contributed by atoms with van der Waals surface area (Å²) in [5, 5.41) is 22.1. The monoisotopic (exact) mass is 435 g/mol. The Hall–Kier alpha value is -4.40. The smallest absolute Gasteiger partial charge is 0.322 e. The molecule has 2 heterocycles. The van der Waals surface area contributed by atoms with E-state index in [1.54, 1.807) is 37.4 Å². The molecule has 1 amide bonds. The quantitative estimate of drug-likeness (QED) is 0.428. The highest BCUT2D eigenvalue weighted by atomic mass is 19.1. The molecule has 0 fully saturated rings. The van der Waals surface area contributed by atoms with Crippen LogP contribution in [0.5, 0.6) is 11.5 Å². The van der Waals surface area contributed by atoms with Gasteiger partial charge in [0.05, 0.1) is 24.5 Å². The van der Waals surface area contributed by atoms with Crippen molar-refractivity contribution in [1.29, 1.82) is 0 Å². The number of methoxy groups -OCH3 is 1. The number of nitrogens with zero attached hydrogens (tertiary/aromatic N) is 2. The fourth-order valence-corrected chi connectivity index (χ4v) is 3.41. The SMILES string of the molecule is COc1ccc(-n2c(-c3ccc(F)cc3)cc3c(O)c(C(=O)NCC(=O)O)ncc32)cc1. The predicted molar refractivity (Wildman–Crippen MR) is 115 cm³/mol. The van der Waals surface area contributed by atoms with E-state index in [4.69, 9.17) is 9.84 Å². The molecule has 0 saturated carbocycles. The van der Waals surface area contributed by atoms with Crippen molar-refractivity contribution in [1.82, 2.24) is 14.9 Å². The maximum absolute atomic E-state index is 13.5. The lowest BCUT2D eigenvalue weighted by Gasteiger charge is -2.12. The van der Waals surface area contributed by atoms with Gasteiger partial charge in [-0.15, -0.1) is 0 Å². The first-order valence-corrected chi connectivity index (χ1v) is 9.53. The molecule has 3 N–H and O–H groups in total. The Morgan fingerprint density at radius 3 is 2.44 bits per heavy atom. The molecule has 0 spiro atoms. The van der Waals surface area contributed by atoms with Crippen LogP contribution in [0.3, 0.4) is 0 Å². The predicted octanol–water partition coefficient (Wildman–Crippen LogP) is 3.36. The number of aliphatic carboxylic acids is 1. The fourth-order valence-electron chi connectivity index (χ4n) is 3.41. The van der Waals surface area contributed by atoms with E-state index in [9.17, 15) is 19.1 Å². The Morgan fingerprint density at radius 2 is 1.81 bits per heavy atom. The number of carbonyl (C=O) groups is 2. The third-order valence-corrected chi connectivity index (χ3v) is 4.92. The number of aromatic nitrogens is 2. The van der Waals surface area contributed by atoms with Crippen LogP contribution < -0.4 is 10.1 Å². The van der Waals surface area contributed by atoms with Crippen molar-refractivity contribution in [2.75, 3.05) is 13.7 Å². The summed E-state index contributed by atoms with van der Waals surface area (Å²) in [5.74, 6) is -2.15. The van der Waals surface area contributed by atoms with Crippen molar-refractivity contribution in [3.8, 4) is 28.4 Å². The van der Waals surface area contributed by atoms with Crippen LogP contribution in [0.4, 0.5) is 4.39 Å². The van der Waals surface area contributed by atoms with Crippen molar-refractivity contribution in [3.63, 3.8) is 0 Å². The summed E-state index contributed by atoms with van der Waals surface area (Å²) in [5.41, 5.74) is 2.24. The van der Waals surface area contributed by atoms with Gasteiger partial charge in [0.25, 0.3) is 5.91 Å². The lowest BCUT2D eigenvalue weighted by molar-refractivity contribution is -0.135. The number of hydrogen-bond acceptors (Lipinski definition) is 5. The number of rotatable bonds is 6. The van der Waals surface area contributed by atoms with Gasteiger partial charge in [-0.3, -0.25) is 9.59 Å². The number of pyridine rings is 1. The minimum Gasteiger partial charge on any atom is -0.505 e. The Kier molecular flexibility index (Phi) is 5.46. The molecule has 4 rings (SSSR count). The third kappa shape index (κ3) is 3.83. The lowest BCUT2D eigenvalue weighted by atomic mass is 10.1. The zero-order valence-electron chi connectivity index (χ0n) is 16.9. The highest BCUT2D eigenvalue weighted by molar-refractivity contribution is 6.03. The minimum absolute atomic E-state index is 0.295. The molecule has 9 heteroatoms. The molecule has 2 aromatic carbocycles. The number of nitrogens with one attached hydrogen (secondary N) is 1. The number of carbonyl (C=O) groups excluding carboxylic acids is 1. The molecular formula is C23H18FN3O5. The van der Waals surface area contributed by atoms with Gasteiger partial charge in [0.15, 0.2) is 11.4 Å². The first kappa shape index (κ1) is 20.9. The fraction of sp³-hybridized carbons (Fsp3) is 0.0870. The van der Waals surface area contributed by atoms with Gasteiger partial charge in [-0.2, -0.15) is 0 Å². The summed E-state index contributed by atoms with van der Waals surface area (Å²) < 4.78 is 20.5. The van der Waals surface area contributed by atoms with Crippen LogP contribution in [0.2, 0.25) is 0 Å². The number of fused-ring (bicyclic) bond motifs is 1. The van der Waals surface area contributed by atoms with Gasteiger partial charge in [0, 0.05) is 11.1 Å². The number of carboxylic acid groups (broad SMARTS) is 1. The van der Waals surface area contributed by atoms with Gasteiger partial charge < -0.3 is 24.8 Å². The van der Waals surface area contributed by atoms with Crippen molar-refractivity contribution in [3.05, 3.63) is 72.3 Å². The molecule has 0 unspecified atom stereocenters. The Bertz CT molecular complexity index is 1310. The van der Waals surface area contributed by atoms with Crippen molar-refractivity contribution in [2.45, 2.75) is 0 Å². The molecule has 32 heavy (non-hydrogen) atoms. The lowest BCUT2D eigenvalue weighted by Crippen LogP contribution is -2.29. The van der Waals surface area contributed by atoms with Crippen molar-refractivity contribution < 1.29 is 28.9 Å². The number of ether oxygens (including phenoxy) is 1. The van der Waals surface area contributed by atoms with E-state index in [2.05, 4.69) is 10.3 Å². The molecule has 162 valence electrons. The number of aromatic hydroxyl groups is 1. The summed E-state index contributed by atoms with van der Waals surface area (Å²) in [6.07, 6.45) is 1.42. The van der Waals surface area contributed by atoms with E-state index in [1.807, 2.05) is 16.7 Å². The molecule has 0 radical (unpaired) electrons. The first-order chi connectivity index (χ1) is 15.4. The average Bonchev–Trinajstić information content (AvgIpc) is 3.18. The van der Waals surface area contributed by atoms with Crippen LogP contribution in [0.1, 0.15) is 10.5 Å². The van der Waals surface area contributed by atoms with Crippen molar-refractivity contribution >= 4 is 22.8 Å². The van der Waals surface area contributed by atoms with E-state index < -0.39 is 18.4 Å². The van der Waals surface area contributed by atoms with E-state index >= 15 is 0 Å². The molecule has 0 aliphatic heterocycles. The van der Waals surface area contributed by atoms with Gasteiger partial charge in [-0.05, 0) is 60.2 Å². The molecule has 4 aromatic rings. The molecule has 0 saturated heterocycles. The maximum Gasteiger partial charge on any atom is 0.322 e. The maximum atomic E-state index is 13.5. The second-order valence-corrected chi connectivity index (χ2v) is 6.90. The second-order valence-electron chi connectivity index (χ2n) is 6.90. The Labute approximate surface area is 181 Å². The van der Waals surface area contributed by atoms with Crippen LogP contribution in [-0.4, -0.2) is 45.3 Å². The minimum atomic E-state index is -1.22. The van der Waals surface area contributed by atoms with Crippen LogP contribution in [0.25, 0.3) is 27.8 Å². The molecular weight excluding hydrogens is 417 g/mol. The molecule has 0 aliphatic carbocycles. The van der Waals surface area contributed by atoms with Crippen LogP contribution in [0.15, 0.2) is 60.8 Å². The highest BCUT2D eigenvalue weighted by Crippen LogP contribution is 2.37. The van der Waals surface area contributed by atoms with E-state index in [0.717, 1.165) is 5.69 Å². The number of halogens is 1. The molecule has 0 atom stereocenters. The highest BCUT2D eigenvalue weighted by Gasteiger charge is 2.21. The second kappa shape index (κ2) is 8.38. The van der Waals surface area contributed by atoms with E-state index in [-0.39, 0.29) is 17.3 Å². The normalized spacial score (nSPS) is 10.8. The Balaban J connectivity index is 1.91. The van der Waals surface area contributed by atoms with Gasteiger partial charge in [0.2, 0.25) is 0 Å². The summed E-state index contributed by atoms with van der Waals surface area (Å²) in [7, 11) is 1.56. The van der Waals surface area contributed by atoms with Crippen molar-refractivity contribution in [2.24, 2.45) is 0 Å². The van der Waals surface area contributed by atoms with E-state index in [0.29, 0.717) is 27.9 Å². The largest absolute Gasteiger partial charge is 0.505 e. The molecule has 2 aromatic heterocycles. The third-order valence-electron chi connectivity index (χ3n) is 4.92. The Morgan fingerprint density at radius 1 is 1.12 bits per heavy atom. The molecule has 8 nitrogen and oxygen atoms in total. The molecule has 0 aliphatic rings. The van der Waals surface area contributed by atoms with E-state index in [1.165, 1.54) is 18.3 Å².